The Morgan fingerprint density at radius 1 is 1.05 bits per heavy atom. The van der Waals surface area contributed by atoms with Crippen LogP contribution < -0.4 is 5.32 Å². The van der Waals surface area contributed by atoms with E-state index in [9.17, 15) is 0 Å². The van der Waals surface area contributed by atoms with Crippen LogP contribution in [0, 0.1) is 0 Å². The van der Waals surface area contributed by atoms with Crippen molar-refractivity contribution in [2.45, 2.75) is 19.5 Å². The lowest BCUT2D eigenvalue weighted by molar-refractivity contribution is 0.544. The van der Waals surface area contributed by atoms with Gasteiger partial charge >= 0.3 is 0 Å². The van der Waals surface area contributed by atoms with Crippen LogP contribution in [-0.4, -0.2) is 16.3 Å². The normalized spacial score (nSPS) is 10.9. The smallest absolute Gasteiger partial charge is 0.0489 e. The number of thiophene rings is 1. The van der Waals surface area contributed by atoms with Crippen molar-refractivity contribution in [2.24, 2.45) is 0 Å². The molecule has 2 aromatic heterocycles. The van der Waals surface area contributed by atoms with Gasteiger partial charge < -0.3 is 5.32 Å². The molecular formula is C17H19N3S. The number of aryl methyl sites for hydroxylation is 1. The quantitative estimate of drug-likeness (QED) is 0.672. The lowest BCUT2D eigenvalue weighted by Gasteiger charge is -2.03. The maximum absolute atomic E-state index is 4.20. The number of rotatable bonds is 7. The summed E-state index contributed by atoms with van der Waals surface area (Å²) in [7, 11) is 0. The molecule has 108 valence electrons. The van der Waals surface area contributed by atoms with Crippen LogP contribution in [0.1, 0.15) is 11.3 Å². The molecule has 0 fully saturated rings. The fourth-order valence-electron chi connectivity index (χ4n) is 2.24. The Labute approximate surface area is 129 Å². The SMILES string of the molecule is c1ccc(-c2ccc(CNCCCn3cccn3)s2)cc1. The summed E-state index contributed by atoms with van der Waals surface area (Å²) in [6, 6.07) is 16.9. The molecule has 0 saturated heterocycles. The van der Waals surface area contributed by atoms with Crippen molar-refractivity contribution in [3.05, 3.63) is 65.8 Å². The van der Waals surface area contributed by atoms with E-state index < -0.39 is 0 Å². The van der Waals surface area contributed by atoms with Crippen LogP contribution in [0.3, 0.4) is 0 Å². The zero-order chi connectivity index (χ0) is 14.3. The molecule has 3 rings (SSSR count). The Hall–Kier alpha value is -1.91. The zero-order valence-electron chi connectivity index (χ0n) is 11.9. The van der Waals surface area contributed by atoms with E-state index in [1.165, 1.54) is 15.3 Å². The number of benzene rings is 1. The van der Waals surface area contributed by atoms with Gasteiger partial charge in [-0.3, -0.25) is 4.68 Å². The second-order valence-corrected chi connectivity index (χ2v) is 6.10. The first kappa shape index (κ1) is 14.0. The molecule has 3 aromatic rings. The van der Waals surface area contributed by atoms with Crippen LogP contribution in [0.25, 0.3) is 10.4 Å². The van der Waals surface area contributed by atoms with Gasteiger partial charge in [-0.2, -0.15) is 5.10 Å². The minimum absolute atomic E-state index is 0.941. The van der Waals surface area contributed by atoms with Gasteiger partial charge in [-0.15, -0.1) is 11.3 Å². The first-order valence-electron chi connectivity index (χ1n) is 7.24. The molecule has 4 heteroatoms. The Kier molecular flexibility index (Phi) is 4.82. The average molecular weight is 297 g/mol. The molecular weight excluding hydrogens is 278 g/mol. The molecule has 1 N–H and O–H groups in total. The largest absolute Gasteiger partial charge is 0.312 e. The summed E-state index contributed by atoms with van der Waals surface area (Å²) in [5.41, 5.74) is 1.30. The molecule has 0 amide bonds. The molecule has 0 aliphatic carbocycles. The topological polar surface area (TPSA) is 29.9 Å². The van der Waals surface area contributed by atoms with Gasteiger partial charge in [0.1, 0.15) is 0 Å². The predicted octanol–water partition coefficient (Wildman–Crippen LogP) is 3.79. The van der Waals surface area contributed by atoms with Crippen molar-refractivity contribution in [2.75, 3.05) is 6.54 Å². The lowest BCUT2D eigenvalue weighted by Crippen LogP contribution is -2.15. The first-order chi connectivity index (χ1) is 10.4. The van der Waals surface area contributed by atoms with E-state index in [2.05, 4.69) is 52.9 Å². The summed E-state index contributed by atoms with van der Waals surface area (Å²) in [6.45, 7) is 2.93. The van der Waals surface area contributed by atoms with Gasteiger partial charge in [0.2, 0.25) is 0 Å². The van der Waals surface area contributed by atoms with E-state index in [1.54, 1.807) is 0 Å². The highest BCUT2D eigenvalue weighted by molar-refractivity contribution is 7.15. The Morgan fingerprint density at radius 2 is 1.95 bits per heavy atom. The summed E-state index contributed by atoms with van der Waals surface area (Å²) in [5.74, 6) is 0. The van der Waals surface area contributed by atoms with Crippen LogP contribution in [-0.2, 0) is 13.1 Å². The molecule has 0 bridgehead atoms. The van der Waals surface area contributed by atoms with Crippen LogP contribution in [0.2, 0.25) is 0 Å². The molecule has 0 unspecified atom stereocenters. The van der Waals surface area contributed by atoms with E-state index in [4.69, 9.17) is 0 Å². The minimum Gasteiger partial charge on any atom is -0.312 e. The molecule has 3 nitrogen and oxygen atoms in total. The Bertz CT molecular complexity index is 644. The first-order valence-corrected chi connectivity index (χ1v) is 8.06. The summed E-state index contributed by atoms with van der Waals surface area (Å²) < 4.78 is 1.97. The summed E-state index contributed by atoms with van der Waals surface area (Å²) >= 11 is 1.86. The molecule has 0 saturated carbocycles. The van der Waals surface area contributed by atoms with Crippen LogP contribution in [0.4, 0.5) is 0 Å². The highest BCUT2D eigenvalue weighted by atomic mass is 32.1. The summed E-state index contributed by atoms with van der Waals surface area (Å²) in [6.07, 6.45) is 4.92. The van der Waals surface area contributed by atoms with Crippen molar-refractivity contribution in [1.29, 1.82) is 0 Å². The van der Waals surface area contributed by atoms with Crippen LogP contribution in [0.5, 0.6) is 0 Å². The third-order valence-corrected chi connectivity index (χ3v) is 4.45. The Balaban J connectivity index is 1.43. The van der Waals surface area contributed by atoms with Crippen LogP contribution >= 0.6 is 11.3 Å². The fourth-order valence-corrected chi connectivity index (χ4v) is 3.22. The minimum atomic E-state index is 0.941. The van der Waals surface area contributed by atoms with E-state index in [0.717, 1.165) is 26.1 Å². The van der Waals surface area contributed by atoms with E-state index in [-0.39, 0.29) is 0 Å². The van der Waals surface area contributed by atoms with Gasteiger partial charge in [-0.1, -0.05) is 30.3 Å². The number of hydrogen-bond acceptors (Lipinski definition) is 3. The van der Waals surface area contributed by atoms with Gasteiger partial charge in [0.25, 0.3) is 0 Å². The summed E-state index contributed by atoms with van der Waals surface area (Å²) in [5, 5.41) is 7.70. The standard InChI is InChI=1S/C17H19N3S/c1-2-6-15(7-3-1)17-9-8-16(21-17)14-18-10-4-12-20-13-5-11-19-20/h1-3,5-9,11,13,18H,4,10,12,14H2. The average Bonchev–Trinajstić information content (AvgIpc) is 3.19. The van der Waals surface area contributed by atoms with E-state index in [1.807, 2.05) is 34.5 Å². The molecule has 1 aromatic carbocycles. The number of nitrogens with zero attached hydrogens (tertiary/aromatic N) is 2. The molecule has 0 aliphatic rings. The maximum atomic E-state index is 4.20. The maximum Gasteiger partial charge on any atom is 0.0489 e. The van der Waals surface area contributed by atoms with E-state index >= 15 is 0 Å². The fraction of sp³-hybridized carbons (Fsp3) is 0.235. The monoisotopic (exact) mass is 297 g/mol. The number of aromatic nitrogens is 2. The highest BCUT2D eigenvalue weighted by Gasteiger charge is 2.02. The van der Waals surface area contributed by atoms with Crippen molar-refractivity contribution in [1.82, 2.24) is 15.1 Å². The van der Waals surface area contributed by atoms with Crippen molar-refractivity contribution >= 4 is 11.3 Å². The molecule has 0 radical (unpaired) electrons. The third-order valence-electron chi connectivity index (χ3n) is 3.32. The van der Waals surface area contributed by atoms with Crippen molar-refractivity contribution in [3.63, 3.8) is 0 Å². The summed E-state index contributed by atoms with van der Waals surface area (Å²) in [4.78, 5) is 2.72. The number of hydrogen-bond donors (Lipinski definition) is 1. The van der Waals surface area contributed by atoms with Crippen molar-refractivity contribution in [3.8, 4) is 10.4 Å². The van der Waals surface area contributed by atoms with E-state index in [0.29, 0.717) is 0 Å². The lowest BCUT2D eigenvalue weighted by atomic mass is 10.2. The van der Waals surface area contributed by atoms with Gasteiger partial charge in [0.15, 0.2) is 0 Å². The van der Waals surface area contributed by atoms with Gasteiger partial charge in [0, 0.05) is 35.2 Å². The molecule has 0 spiro atoms. The van der Waals surface area contributed by atoms with Gasteiger partial charge in [-0.05, 0) is 36.7 Å². The molecule has 0 aliphatic heterocycles. The third kappa shape index (κ3) is 4.03. The Morgan fingerprint density at radius 3 is 2.76 bits per heavy atom. The highest BCUT2D eigenvalue weighted by Crippen LogP contribution is 2.27. The van der Waals surface area contributed by atoms with Gasteiger partial charge in [-0.25, -0.2) is 0 Å². The predicted molar refractivity (Wildman–Crippen MR) is 88.3 cm³/mol. The second-order valence-electron chi connectivity index (χ2n) is 4.93. The van der Waals surface area contributed by atoms with Gasteiger partial charge in [0.05, 0.1) is 0 Å². The molecule has 2 heterocycles. The number of nitrogens with one attached hydrogen (secondary N) is 1. The second kappa shape index (κ2) is 7.20. The van der Waals surface area contributed by atoms with Crippen molar-refractivity contribution < 1.29 is 0 Å². The molecule has 21 heavy (non-hydrogen) atoms. The van der Waals surface area contributed by atoms with Crippen LogP contribution in [0.15, 0.2) is 60.9 Å². The zero-order valence-corrected chi connectivity index (χ0v) is 12.7. The molecule has 0 atom stereocenters.